The number of thiophene rings is 1. The first-order valence-electron chi connectivity index (χ1n) is 12.3. The molecule has 0 spiro atoms. The average molecular weight is 526 g/mol. The first-order chi connectivity index (χ1) is 17.8. The normalized spacial score (nSPS) is 16.4. The van der Waals surface area contributed by atoms with Gasteiger partial charge >= 0.3 is 0 Å². The van der Waals surface area contributed by atoms with E-state index in [1.807, 2.05) is 36.6 Å². The van der Waals surface area contributed by atoms with E-state index in [0.29, 0.717) is 37.8 Å². The second kappa shape index (κ2) is 13.8. The van der Waals surface area contributed by atoms with Gasteiger partial charge in [-0.3, -0.25) is 9.59 Å². The van der Waals surface area contributed by atoms with Crippen molar-refractivity contribution >= 4 is 23.2 Å². The van der Waals surface area contributed by atoms with Crippen molar-refractivity contribution in [3.8, 4) is 6.07 Å². The molecule has 0 radical (unpaired) electrons. The Bertz CT molecular complexity index is 1190. The second-order valence-electron chi connectivity index (χ2n) is 9.03. The van der Waals surface area contributed by atoms with Crippen molar-refractivity contribution in [2.45, 2.75) is 44.8 Å². The molecule has 1 aromatic carbocycles. The van der Waals surface area contributed by atoms with Crippen molar-refractivity contribution in [2.24, 2.45) is 5.92 Å². The van der Waals surface area contributed by atoms with Crippen molar-refractivity contribution in [1.29, 1.82) is 5.26 Å². The first-order valence-corrected chi connectivity index (χ1v) is 13.2. The number of nitrogens with zero attached hydrogens (tertiary/aromatic N) is 2. The minimum Gasteiger partial charge on any atom is -0.380 e. The highest BCUT2D eigenvalue weighted by Gasteiger charge is 2.33. The Balaban J connectivity index is 1.48. The van der Waals surface area contributed by atoms with E-state index >= 15 is 0 Å². The van der Waals surface area contributed by atoms with Gasteiger partial charge < -0.3 is 20.4 Å². The SMILES string of the molecule is CCCN(CC1C=CC(F)=CC1)C(=O)C(O)C(O)C(=O)NCCc1cc(Cc2ccccc2C#N)cs1. The standard InChI is InChI=1S/C28H32FN3O4S/c1-2-13-32(17-19-7-9-23(29)10-8-19)28(36)26(34)25(33)27(35)31-12-11-24-15-20(18-37-24)14-21-5-3-4-6-22(21)16-30/h3-7,9-10,15,18-19,25-26,33-34H,2,8,11-14,17H2,1H3,(H,31,35). The number of carbonyl (C=O) groups excluding carboxylic acids is 2. The van der Waals surface area contributed by atoms with Gasteiger partial charge in [-0.25, -0.2) is 4.39 Å². The maximum atomic E-state index is 13.2. The number of halogens is 1. The summed E-state index contributed by atoms with van der Waals surface area (Å²) in [6, 6.07) is 11.7. The van der Waals surface area contributed by atoms with Gasteiger partial charge in [-0.05, 0) is 72.4 Å². The fourth-order valence-corrected chi connectivity index (χ4v) is 5.04. The zero-order valence-corrected chi connectivity index (χ0v) is 21.6. The summed E-state index contributed by atoms with van der Waals surface area (Å²) in [6.07, 6.45) is 2.91. The molecule has 37 heavy (non-hydrogen) atoms. The predicted octanol–water partition coefficient (Wildman–Crippen LogP) is 3.26. The molecular formula is C28H32FN3O4S. The molecule has 9 heteroatoms. The Morgan fingerprint density at radius 3 is 2.78 bits per heavy atom. The average Bonchev–Trinajstić information content (AvgIpc) is 3.35. The molecule has 0 fully saturated rings. The van der Waals surface area contributed by atoms with Gasteiger partial charge in [-0.15, -0.1) is 11.3 Å². The van der Waals surface area contributed by atoms with Gasteiger partial charge in [0.15, 0.2) is 12.2 Å². The van der Waals surface area contributed by atoms with Crippen LogP contribution in [-0.4, -0.2) is 58.8 Å². The van der Waals surface area contributed by atoms with Crippen LogP contribution in [0.25, 0.3) is 0 Å². The van der Waals surface area contributed by atoms with Crippen molar-refractivity contribution < 1.29 is 24.2 Å². The number of nitrogens with one attached hydrogen (secondary N) is 1. The Morgan fingerprint density at radius 1 is 1.30 bits per heavy atom. The highest BCUT2D eigenvalue weighted by atomic mass is 32.1. The van der Waals surface area contributed by atoms with Crippen LogP contribution in [0.1, 0.15) is 41.3 Å². The van der Waals surface area contributed by atoms with E-state index in [-0.39, 0.29) is 24.8 Å². The van der Waals surface area contributed by atoms with E-state index in [0.717, 1.165) is 16.0 Å². The molecule has 1 heterocycles. The maximum Gasteiger partial charge on any atom is 0.254 e. The molecule has 0 saturated heterocycles. The summed E-state index contributed by atoms with van der Waals surface area (Å²) in [5.41, 5.74) is 2.66. The summed E-state index contributed by atoms with van der Waals surface area (Å²) in [7, 11) is 0. The predicted molar refractivity (Wildman–Crippen MR) is 140 cm³/mol. The molecule has 3 rings (SSSR count). The molecule has 2 amide bonds. The number of hydrogen-bond acceptors (Lipinski definition) is 6. The summed E-state index contributed by atoms with van der Waals surface area (Å²) in [5, 5.41) is 34.6. The number of benzene rings is 1. The number of carbonyl (C=O) groups is 2. The summed E-state index contributed by atoms with van der Waals surface area (Å²) < 4.78 is 13.2. The van der Waals surface area contributed by atoms with Gasteiger partial charge in [0.25, 0.3) is 11.8 Å². The molecule has 1 aliphatic carbocycles. The summed E-state index contributed by atoms with van der Waals surface area (Å²) in [4.78, 5) is 27.7. The Labute approximate surface area is 220 Å². The van der Waals surface area contributed by atoms with E-state index in [1.54, 1.807) is 12.1 Å². The Hall–Kier alpha value is -3.32. The number of nitriles is 1. The third-order valence-corrected chi connectivity index (χ3v) is 7.18. The zero-order valence-electron chi connectivity index (χ0n) is 20.8. The summed E-state index contributed by atoms with van der Waals surface area (Å²) >= 11 is 1.54. The van der Waals surface area contributed by atoms with Gasteiger partial charge in [0, 0.05) is 24.5 Å². The number of hydrogen-bond donors (Lipinski definition) is 3. The molecule has 1 aliphatic rings. The molecule has 0 aliphatic heterocycles. The van der Waals surface area contributed by atoms with Gasteiger partial charge in [0.05, 0.1) is 11.6 Å². The van der Waals surface area contributed by atoms with Crippen LogP contribution < -0.4 is 5.32 Å². The van der Waals surface area contributed by atoms with E-state index in [1.165, 1.54) is 28.4 Å². The highest BCUT2D eigenvalue weighted by molar-refractivity contribution is 7.10. The molecule has 2 aromatic rings. The van der Waals surface area contributed by atoms with Crippen LogP contribution in [0.4, 0.5) is 4.39 Å². The van der Waals surface area contributed by atoms with Crippen LogP contribution in [0.3, 0.4) is 0 Å². The fourth-order valence-electron chi connectivity index (χ4n) is 4.15. The molecular weight excluding hydrogens is 493 g/mol. The Kier molecular flexibility index (Phi) is 10.6. The topological polar surface area (TPSA) is 114 Å². The van der Waals surface area contributed by atoms with Gasteiger partial charge in [-0.1, -0.05) is 31.2 Å². The molecule has 0 saturated carbocycles. The second-order valence-corrected chi connectivity index (χ2v) is 10.0. The number of aliphatic hydroxyl groups is 2. The van der Waals surface area contributed by atoms with Crippen molar-refractivity contribution in [3.05, 3.63) is 81.3 Å². The van der Waals surface area contributed by atoms with Gasteiger partial charge in [0.1, 0.15) is 5.83 Å². The molecule has 196 valence electrons. The van der Waals surface area contributed by atoms with Crippen LogP contribution in [0.15, 0.2) is 59.8 Å². The van der Waals surface area contributed by atoms with E-state index in [4.69, 9.17) is 0 Å². The van der Waals surface area contributed by atoms with Crippen molar-refractivity contribution in [2.75, 3.05) is 19.6 Å². The lowest BCUT2D eigenvalue weighted by Gasteiger charge is -2.29. The smallest absolute Gasteiger partial charge is 0.254 e. The van der Waals surface area contributed by atoms with Crippen LogP contribution in [0, 0.1) is 17.2 Å². The summed E-state index contributed by atoms with van der Waals surface area (Å²) in [6.45, 7) is 2.72. The Morgan fingerprint density at radius 2 is 2.08 bits per heavy atom. The third-order valence-electron chi connectivity index (χ3n) is 6.14. The molecule has 0 bridgehead atoms. The lowest BCUT2D eigenvalue weighted by Crippen LogP contribution is -2.52. The number of aliphatic hydroxyl groups excluding tert-OH is 2. The van der Waals surface area contributed by atoms with E-state index in [2.05, 4.69) is 11.4 Å². The largest absolute Gasteiger partial charge is 0.380 e. The number of rotatable bonds is 12. The summed E-state index contributed by atoms with van der Waals surface area (Å²) in [5.74, 6) is -1.97. The molecule has 7 nitrogen and oxygen atoms in total. The minimum atomic E-state index is -1.90. The van der Waals surface area contributed by atoms with Gasteiger partial charge in [0.2, 0.25) is 0 Å². The maximum absolute atomic E-state index is 13.2. The van der Waals surface area contributed by atoms with Crippen LogP contribution >= 0.6 is 11.3 Å². The molecule has 3 atom stereocenters. The van der Waals surface area contributed by atoms with Crippen molar-refractivity contribution in [1.82, 2.24) is 10.2 Å². The van der Waals surface area contributed by atoms with E-state index < -0.39 is 24.0 Å². The highest BCUT2D eigenvalue weighted by Crippen LogP contribution is 2.21. The third kappa shape index (κ3) is 8.09. The lowest BCUT2D eigenvalue weighted by atomic mass is 9.99. The van der Waals surface area contributed by atoms with Crippen LogP contribution in [0.5, 0.6) is 0 Å². The quantitative estimate of drug-likeness (QED) is 0.394. The fraction of sp³-hybridized carbons (Fsp3) is 0.393. The molecule has 3 N–H and O–H groups in total. The first kappa shape index (κ1) is 28.3. The lowest BCUT2D eigenvalue weighted by molar-refractivity contribution is -0.153. The van der Waals surface area contributed by atoms with Gasteiger partial charge in [-0.2, -0.15) is 5.26 Å². The number of allylic oxidation sites excluding steroid dienone is 3. The monoisotopic (exact) mass is 525 g/mol. The number of amides is 2. The zero-order chi connectivity index (χ0) is 26.8. The minimum absolute atomic E-state index is 0.0998. The van der Waals surface area contributed by atoms with E-state index in [9.17, 15) is 29.5 Å². The van der Waals surface area contributed by atoms with Crippen LogP contribution in [-0.2, 0) is 22.4 Å². The van der Waals surface area contributed by atoms with Crippen molar-refractivity contribution in [3.63, 3.8) is 0 Å². The molecule has 1 aromatic heterocycles. The molecule has 3 unspecified atom stereocenters. The van der Waals surface area contributed by atoms with Crippen LogP contribution in [0.2, 0.25) is 0 Å².